The number of rotatable bonds is 2. The molecule has 90 valence electrons. The maximum atomic E-state index is 12.3. The molecule has 0 aromatic heterocycles. The Morgan fingerprint density at radius 3 is 2.61 bits per heavy atom. The second kappa shape index (κ2) is 4.86. The van der Waals surface area contributed by atoms with Gasteiger partial charge < -0.3 is 5.32 Å². The zero-order valence-corrected chi connectivity index (χ0v) is 10.6. The average Bonchev–Trinajstić information content (AvgIpc) is 2.84. The van der Waals surface area contributed by atoms with Crippen molar-refractivity contribution in [1.29, 1.82) is 0 Å². The molecule has 0 bridgehead atoms. The molecule has 3 heteroatoms. The lowest BCUT2D eigenvalue weighted by atomic mass is 10.0. The van der Waals surface area contributed by atoms with Gasteiger partial charge in [-0.05, 0) is 23.8 Å². The molecule has 1 amide bonds. The highest BCUT2D eigenvalue weighted by Gasteiger charge is 2.28. The number of amides is 1. The second-order valence-corrected chi connectivity index (χ2v) is 5.32. The predicted octanol–water partition coefficient (Wildman–Crippen LogP) is 3.51. The first-order valence-electron chi connectivity index (χ1n) is 5.92. The summed E-state index contributed by atoms with van der Waals surface area (Å²) in [4.78, 5) is 13.5. The lowest BCUT2D eigenvalue weighted by Gasteiger charge is -2.11. The van der Waals surface area contributed by atoms with Crippen molar-refractivity contribution in [3.05, 3.63) is 60.2 Å². The zero-order chi connectivity index (χ0) is 12.4. The third-order valence-corrected chi connectivity index (χ3v) is 4.24. The lowest BCUT2D eigenvalue weighted by molar-refractivity contribution is -0.117. The molecule has 0 saturated heterocycles. The molecule has 0 spiro atoms. The van der Waals surface area contributed by atoms with Crippen molar-refractivity contribution in [2.45, 2.75) is 10.8 Å². The van der Waals surface area contributed by atoms with E-state index in [-0.39, 0.29) is 11.8 Å². The van der Waals surface area contributed by atoms with E-state index in [1.54, 1.807) is 11.8 Å². The van der Waals surface area contributed by atoms with E-state index >= 15 is 0 Å². The van der Waals surface area contributed by atoms with Gasteiger partial charge in [-0.1, -0.05) is 36.4 Å². The zero-order valence-electron chi connectivity index (χ0n) is 9.80. The van der Waals surface area contributed by atoms with E-state index in [0.29, 0.717) is 0 Å². The highest BCUT2D eigenvalue weighted by molar-refractivity contribution is 7.99. The molecule has 2 nitrogen and oxygen atoms in total. The Kier molecular flexibility index (Phi) is 3.07. The van der Waals surface area contributed by atoms with Crippen molar-refractivity contribution in [2.24, 2.45) is 0 Å². The van der Waals surface area contributed by atoms with Crippen molar-refractivity contribution in [1.82, 2.24) is 0 Å². The van der Waals surface area contributed by atoms with Crippen LogP contribution in [0.15, 0.2) is 59.5 Å². The molecule has 0 saturated carbocycles. The van der Waals surface area contributed by atoms with Crippen molar-refractivity contribution in [2.75, 3.05) is 11.1 Å². The highest BCUT2D eigenvalue weighted by atomic mass is 32.2. The number of fused-ring (bicyclic) bond motifs is 1. The molecule has 1 atom stereocenters. The van der Waals surface area contributed by atoms with Crippen LogP contribution in [-0.2, 0) is 4.79 Å². The van der Waals surface area contributed by atoms with E-state index in [2.05, 4.69) is 11.4 Å². The minimum Gasteiger partial charge on any atom is -0.326 e. The molecular weight excluding hydrogens is 242 g/mol. The van der Waals surface area contributed by atoms with Crippen LogP contribution < -0.4 is 5.32 Å². The van der Waals surface area contributed by atoms with E-state index in [1.165, 1.54) is 4.90 Å². The van der Waals surface area contributed by atoms with Gasteiger partial charge in [-0.2, -0.15) is 0 Å². The summed E-state index contributed by atoms with van der Waals surface area (Å²) in [6.45, 7) is 0. The molecule has 18 heavy (non-hydrogen) atoms. The molecule has 2 aromatic rings. The Morgan fingerprint density at radius 1 is 1.06 bits per heavy atom. The summed E-state index contributed by atoms with van der Waals surface area (Å²) >= 11 is 1.75. The third kappa shape index (κ3) is 2.14. The fraction of sp³-hybridized carbons (Fsp3) is 0.133. The SMILES string of the molecule is O=C(Nc1ccccc1)C1CSc2ccccc21. The number of hydrogen-bond acceptors (Lipinski definition) is 2. The van der Waals surface area contributed by atoms with Gasteiger partial charge in [-0.3, -0.25) is 4.79 Å². The van der Waals surface area contributed by atoms with E-state index in [9.17, 15) is 4.79 Å². The molecular formula is C15H13NOS. The first-order valence-corrected chi connectivity index (χ1v) is 6.91. The number of anilines is 1. The van der Waals surface area contributed by atoms with Crippen LogP contribution in [0.5, 0.6) is 0 Å². The maximum Gasteiger partial charge on any atom is 0.232 e. The van der Waals surface area contributed by atoms with Gasteiger partial charge in [0.25, 0.3) is 0 Å². The van der Waals surface area contributed by atoms with Crippen LogP contribution in [0, 0.1) is 0 Å². The van der Waals surface area contributed by atoms with Crippen LogP contribution >= 0.6 is 11.8 Å². The van der Waals surface area contributed by atoms with Crippen molar-refractivity contribution in [3.63, 3.8) is 0 Å². The Bertz CT molecular complexity index is 568. The number of para-hydroxylation sites is 1. The van der Waals surface area contributed by atoms with Gasteiger partial charge in [0, 0.05) is 16.3 Å². The fourth-order valence-electron chi connectivity index (χ4n) is 2.13. The Morgan fingerprint density at radius 2 is 1.78 bits per heavy atom. The van der Waals surface area contributed by atoms with Crippen molar-refractivity contribution in [3.8, 4) is 0 Å². The highest BCUT2D eigenvalue weighted by Crippen LogP contribution is 2.39. The summed E-state index contributed by atoms with van der Waals surface area (Å²) in [6.07, 6.45) is 0. The van der Waals surface area contributed by atoms with Crippen LogP contribution in [0.1, 0.15) is 11.5 Å². The first kappa shape index (κ1) is 11.4. The topological polar surface area (TPSA) is 29.1 Å². The van der Waals surface area contributed by atoms with Crippen LogP contribution in [0.25, 0.3) is 0 Å². The normalized spacial score (nSPS) is 17.2. The number of hydrogen-bond donors (Lipinski definition) is 1. The van der Waals surface area contributed by atoms with Gasteiger partial charge >= 0.3 is 0 Å². The molecule has 1 unspecified atom stereocenters. The Balaban J connectivity index is 1.79. The van der Waals surface area contributed by atoms with E-state index in [0.717, 1.165) is 17.0 Å². The smallest absolute Gasteiger partial charge is 0.232 e. The molecule has 1 N–H and O–H groups in total. The monoisotopic (exact) mass is 255 g/mol. The minimum absolute atomic E-state index is 0.0357. The van der Waals surface area contributed by atoms with Gasteiger partial charge in [-0.25, -0.2) is 0 Å². The molecule has 2 aromatic carbocycles. The van der Waals surface area contributed by atoms with Gasteiger partial charge in [0.2, 0.25) is 5.91 Å². The fourth-order valence-corrected chi connectivity index (χ4v) is 3.36. The summed E-state index contributed by atoms with van der Waals surface area (Å²) in [5.41, 5.74) is 2.01. The number of carbonyl (C=O) groups is 1. The lowest BCUT2D eigenvalue weighted by Crippen LogP contribution is -2.20. The van der Waals surface area contributed by atoms with E-state index in [1.807, 2.05) is 48.5 Å². The second-order valence-electron chi connectivity index (χ2n) is 4.26. The number of nitrogens with one attached hydrogen (secondary N) is 1. The average molecular weight is 255 g/mol. The van der Waals surface area contributed by atoms with Gasteiger partial charge in [0.05, 0.1) is 5.92 Å². The third-order valence-electron chi connectivity index (χ3n) is 3.06. The van der Waals surface area contributed by atoms with E-state index in [4.69, 9.17) is 0 Å². The van der Waals surface area contributed by atoms with Crippen LogP contribution in [0.3, 0.4) is 0 Å². The Labute approximate surface area is 110 Å². The molecule has 1 heterocycles. The standard InChI is InChI=1S/C15H13NOS/c17-15(16-11-6-2-1-3-7-11)13-10-18-14-9-5-4-8-12(13)14/h1-9,13H,10H2,(H,16,17). The van der Waals surface area contributed by atoms with Crippen molar-refractivity contribution >= 4 is 23.4 Å². The molecule has 1 aliphatic rings. The molecule has 3 rings (SSSR count). The molecule has 0 radical (unpaired) electrons. The largest absolute Gasteiger partial charge is 0.326 e. The van der Waals surface area contributed by atoms with Crippen LogP contribution in [0.2, 0.25) is 0 Å². The number of benzene rings is 2. The minimum atomic E-state index is -0.0357. The summed E-state index contributed by atoms with van der Waals surface area (Å²) in [5, 5.41) is 2.97. The van der Waals surface area contributed by atoms with E-state index < -0.39 is 0 Å². The summed E-state index contributed by atoms with van der Waals surface area (Å²) in [6, 6.07) is 17.7. The van der Waals surface area contributed by atoms with Crippen LogP contribution in [-0.4, -0.2) is 11.7 Å². The van der Waals surface area contributed by atoms with Crippen LogP contribution in [0.4, 0.5) is 5.69 Å². The quantitative estimate of drug-likeness (QED) is 0.889. The summed E-state index contributed by atoms with van der Waals surface area (Å²) < 4.78 is 0. The predicted molar refractivity (Wildman–Crippen MR) is 75.0 cm³/mol. The van der Waals surface area contributed by atoms with Gasteiger partial charge in [-0.15, -0.1) is 11.8 Å². The van der Waals surface area contributed by atoms with Gasteiger partial charge in [0.15, 0.2) is 0 Å². The summed E-state index contributed by atoms with van der Waals surface area (Å²) in [7, 11) is 0. The van der Waals surface area contributed by atoms with Gasteiger partial charge in [0.1, 0.15) is 0 Å². The Hall–Kier alpha value is -1.74. The molecule has 0 aliphatic carbocycles. The number of thioether (sulfide) groups is 1. The first-order chi connectivity index (χ1) is 8.84. The summed E-state index contributed by atoms with van der Waals surface area (Å²) in [5.74, 6) is 0.878. The maximum absolute atomic E-state index is 12.3. The molecule has 1 aliphatic heterocycles. The van der Waals surface area contributed by atoms with Crippen molar-refractivity contribution < 1.29 is 4.79 Å². The number of carbonyl (C=O) groups excluding carboxylic acids is 1. The molecule has 0 fully saturated rings.